The smallest absolute Gasteiger partial charge is 0.322 e. The van der Waals surface area contributed by atoms with Crippen molar-refractivity contribution in [3.8, 4) is 0 Å². The SMILES string of the molecule is CCOC(=O)CS(=O)(=O)NC(C)c1cn[nH]c1. The summed E-state index contributed by atoms with van der Waals surface area (Å²) in [6, 6.07) is -0.451. The van der Waals surface area contributed by atoms with Crippen molar-refractivity contribution in [1.29, 1.82) is 0 Å². The van der Waals surface area contributed by atoms with Crippen molar-refractivity contribution in [2.45, 2.75) is 19.9 Å². The second-order valence-electron chi connectivity index (χ2n) is 3.44. The largest absolute Gasteiger partial charge is 0.465 e. The number of hydrogen-bond acceptors (Lipinski definition) is 5. The predicted molar refractivity (Wildman–Crippen MR) is 60.6 cm³/mol. The van der Waals surface area contributed by atoms with Crippen molar-refractivity contribution in [1.82, 2.24) is 14.9 Å². The topological polar surface area (TPSA) is 101 Å². The Morgan fingerprint density at radius 1 is 1.65 bits per heavy atom. The summed E-state index contributed by atoms with van der Waals surface area (Å²) in [6.07, 6.45) is 3.09. The Morgan fingerprint density at radius 2 is 2.35 bits per heavy atom. The normalized spacial score (nSPS) is 13.3. The fourth-order valence-electron chi connectivity index (χ4n) is 1.23. The standard InChI is InChI=1S/C9H15N3O4S/c1-3-16-9(13)6-17(14,15)12-7(2)8-4-10-11-5-8/h4-5,7,12H,3,6H2,1-2H3,(H,10,11). The fraction of sp³-hybridized carbons (Fsp3) is 0.556. The van der Waals surface area contributed by atoms with Gasteiger partial charge in [-0.05, 0) is 13.8 Å². The third kappa shape index (κ3) is 4.53. The van der Waals surface area contributed by atoms with E-state index in [1.807, 2.05) is 0 Å². The van der Waals surface area contributed by atoms with E-state index in [0.717, 1.165) is 0 Å². The van der Waals surface area contributed by atoms with Crippen LogP contribution in [-0.4, -0.2) is 36.9 Å². The molecule has 0 saturated carbocycles. The van der Waals surface area contributed by atoms with Crippen LogP contribution in [-0.2, 0) is 19.6 Å². The number of sulfonamides is 1. The molecule has 0 spiro atoms. The molecule has 1 heterocycles. The minimum absolute atomic E-state index is 0.158. The van der Waals surface area contributed by atoms with E-state index >= 15 is 0 Å². The molecular formula is C9H15N3O4S. The van der Waals surface area contributed by atoms with Crippen LogP contribution in [0.2, 0.25) is 0 Å². The molecule has 0 radical (unpaired) electrons. The predicted octanol–water partition coefficient (Wildman–Crippen LogP) is -0.0468. The minimum Gasteiger partial charge on any atom is -0.465 e. The molecule has 0 bridgehead atoms. The average Bonchev–Trinajstić information content (AvgIpc) is 2.68. The molecule has 0 aromatic carbocycles. The highest BCUT2D eigenvalue weighted by molar-refractivity contribution is 7.90. The maximum absolute atomic E-state index is 11.6. The van der Waals surface area contributed by atoms with Crippen molar-refractivity contribution < 1.29 is 17.9 Å². The van der Waals surface area contributed by atoms with Gasteiger partial charge < -0.3 is 4.74 Å². The maximum atomic E-state index is 11.6. The fourth-order valence-corrected chi connectivity index (χ4v) is 2.39. The average molecular weight is 261 g/mol. The lowest BCUT2D eigenvalue weighted by atomic mass is 10.2. The maximum Gasteiger partial charge on any atom is 0.322 e. The lowest BCUT2D eigenvalue weighted by molar-refractivity contribution is -0.139. The van der Waals surface area contributed by atoms with Crippen LogP contribution in [0.3, 0.4) is 0 Å². The van der Waals surface area contributed by atoms with E-state index in [0.29, 0.717) is 5.56 Å². The molecule has 1 unspecified atom stereocenters. The number of nitrogens with one attached hydrogen (secondary N) is 2. The van der Waals surface area contributed by atoms with Crippen LogP contribution in [0, 0.1) is 0 Å². The van der Waals surface area contributed by atoms with Crippen molar-refractivity contribution in [3.63, 3.8) is 0 Å². The van der Waals surface area contributed by atoms with Crippen molar-refractivity contribution in [2.24, 2.45) is 0 Å². The van der Waals surface area contributed by atoms with Gasteiger partial charge in [0, 0.05) is 17.8 Å². The summed E-state index contributed by atoms with van der Waals surface area (Å²) in [5.41, 5.74) is 0.692. The molecule has 0 aliphatic carbocycles. The quantitative estimate of drug-likeness (QED) is 0.699. The molecular weight excluding hydrogens is 246 g/mol. The molecule has 96 valence electrons. The highest BCUT2D eigenvalue weighted by Gasteiger charge is 2.20. The van der Waals surface area contributed by atoms with Gasteiger partial charge in [-0.3, -0.25) is 9.89 Å². The first kappa shape index (κ1) is 13.7. The molecule has 1 aromatic rings. The number of esters is 1. The van der Waals surface area contributed by atoms with Gasteiger partial charge in [0.2, 0.25) is 10.0 Å². The summed E-state index contributed by atoms with van der Waals surface area (Å²) in [5.74, 6) is -1.44. The third-order valence-corrected chi connectivity index (χ3v) is 3.32. The second kappa shape index (κ2) is 5.78. The number of aromatic nitrogens is 2. The number of rotatable bonds is 6. The Balaban J connectivity index is 2.58. The van der Waals surface area contributed by atoms with Gasteiger partial charge in [0.05, 0.1) is 12.8 Å². The van der Waals surface area contributed by atoms with Crippen molar-refractivity contribution in [3.05, 3.63) is 18.0 Å². The van der Waals surface area contributed by atoms with E-state index in [-0.39, 0.29) is 6.61 Å². The first-order chi connectivity index (χ1) is 7.94. The highest BCUT2D eigenvalue weighted by atomic mass is 32.2. The molecule has 8 heteroatoms. The van der Waals surface area contributed by atoms with E-state index in [9.17, 15) is 13.2 Å². The van der Waals surface area contributed by atoms with Gasteiger partial charge in [-0.15, -0.1) is 0 Å². The van der Waals surface area contributed by atoms with Crippen molar-refractivity contribution in [2.75, 3.05) is 12.4 Å². The van der Waals surface area contributed by atoms with Gasteiger partial charge in [0.1, 0.15) is 0 Å². The minimum atomic E-state index is -3.69. The summed E-state index contributed by atoms with van der Waals surface area (Å²) in [6.45, 7) is 3.44. The van der Waals surface area contributed by atoms with E-state index in [2.05, 4.69) is 19.7 Å². The zero-order valence-electron chi connectivity index (χ0n) is 9.63. The number of ether oxygens (including phenoxy) is 1. The van der Waals surface area contributed by atoms with Crippen LogP contribution in [0.1, 0.15) is 25.5 Å². The molecule has 1 atom stereocenters. The first-order valence-corrected chi connectivity index (χ1v) is 6.74. The summed E-state index contributed by atoms with van der Waals surface area (Å²) in [5, 5.41) is 6.29. The lowest BCUT2D eigenvalue weighted by Gasteiger charge is -2.11. The Kier molecular flexibility index (Phi) is 4.64. The molecule has 17 heavy (non-hydrogen) atoms. The van der Waals surface area contributed by atoms with Crippen LogP contribution < -0.4 is 4.72 Å². The van der Waals surface area contributed by atoms with Gasteiger partial charge in [-0.2, -0.15) is 5.10 Å². The molecule has 2 N–H and O–H groups in total. The van der Waals surface area contributed by atoms with Gasteiger partial charge in [-0.25, -0.2) is 13.1 Å². The zero-order chi connectivity index (χ0) is 12.9. The summed E-state index contributed by atoms with van der Waals surface area (Å²) in [7, 11) is -3.69. The molecule has 7 nitrogen and oxygen atoms in total. The van der Waals surface area contributed by atoms with Crippen LogP contribution in [0.25, 0.3) is 0 Å². The molecule has 0 aliphatic heterocycles. The molecule has 0 fully saturated rings. The van der Waals surface area contributed by atoms with Gasteiger partial charge in [0.25, 0.3) is 0 Å². The van der Waals surface area contributed by atoms with Crippen LogP contribution in [0.15, 0.2) is 12.4 Å². The third-order valence-electron chi connectivity index (χ3n) is 1.99. The van der Waals surface area contributed by atoms with Crippen molar-refractivity contribution >= 4 is 16.0 Å². The highest BCUT2D eigenvalue weighted by Crippen LogP contribution is 2.10. The Labute approximate surface area is 99.6 Å². The number of aromatic amines is 1. The molecule has 0 aliphatic rings. The second-order valence-corrected chi connectivity index (χ2v) is 5.19. The van der Waals surface area contributed by atoms with E-state index in [1.165, 1.54) is 6.20 Å². The first-order valence-electron chi connectivity index (χ1n) is 5.09. The zero-order valence-corrected chi connectivity index (χ0v) is 10.5. The van der Waals surface area contributed by atoms with E-state index in [4.69, 9.17) is 0 Å². The Bertz CT molecular complexity index is 455. The molecule has 1 aromatic heterocycles. The Hall–Kier alpha value is -1.41. The molecule has 1 rings (SSSR count). The number of H-pyrrole nitrogens is 1. The monoisotopic (exact) mass is 261 g/mol. The number of carbonyl (C=O) groups excluding carboxylic acids is 1. The number of hydrogen-bond donors (Lipinski definition) is 2. The lowest BCUT2D eigenvalue weighted by Crippen LogP contribution is -2.32. The van der Waals surface area contributed by atoms with E-state index < -0.39 is 27.8 Å². The molecule has 0 saturated heterocycles. The van der Waals surface area contributed by atoms with Gasteiger partial charge >= 0.3 is 5.97 Å². The Morgan fingerprint density at radius 3 is 2.88 bits per heavy atom. The summed E-state index contributed by atoms with van der Waals surface area (Å²) in [4.78, 5) is 11.1. The van der Waals surface area contributed by atoms with Gasteiger partial charge in [-0.1, -0.05) is 0 Å². The van der Waals surface area contributed by atoms with Gasteiger partial charge in [0.15, 0.2) is 5.75 Å². The number of carbonyl (C=O) groups is 1. The van der Waals surface area contributed by atoms with Crippen LogP contribution in [0.5, 0.6) is 0 Å². The summed E-state index contributed by atoms with van der Waals surface area (Å²) < 4.78 is 30.1. The molecule has 0 amide bonds. The summed E-state index contributed by atoms with van der Waals surface area (Å²) >= 11 is 0. The number of nitrogens with zero attached hydrogens (tertiary/aromatic N) is 1. The van der Waals surface area contributed by atoms with Crippen LogP contribution in [0.4, 0.5) is 0 Å². The van der Waals surface area contributed by atoms with Crippen LogP contribution >= 0.6 is 0 Å². The van der Waals surface area contributed by atoms with E-state index in [1.54, 1.807) is 20.0 Å².